The average Bonchev–Trinajstić information content (AvgIpc) is 2.60. The number of aryl methyl sites for hydroxylation is 1. The van der Waals surface area contributed by atoms with E-state index in [2.05, 4.69) is 5.32 Å². The van der Waals surface area contributed by atoms with Gasteiger partial charge in [-0.25, -0.2) is 13.6 Å². The first kappa shape index (κ1) is 17.3. The minimum atomic E-state index is -0.871. The molecule has 0 fully saturated rings. The van der Waals surface area contributed by atoms with Gasteiger partial charge in [-0.2, -0.15) is 0 Å². The molecular weight excluding hydrogens is 324 g/mol. The van der Waals surface area contributed by atoms with Crippen LogP contribution in [0.1, 0.15) is 36.6 Å². The van der Waals surface area contributed by atoms with Gasteiger partial charge in [-0.05, 0) is 36.6 Å². The maximum atomic E-state index is 13.9. The average molecular weight is 343 g/mol. The zero-order valence-corrected chi connectivity index (χ0v) is 14.1. The molecule has 0 amide bonds. The van der Waals surface area contributed by atoms with E-state index in [0.29, 0.717) is 12.1 Å². The number of hydrogen-bond acceptors (Lipinski definition) is 3. The summed E-state index contributed by atoms with van der Waals surface area (Å²) in [5.74, 6) is -1.73. The van der Waals surface area contributed by atoms with Gasteiger partial charge in [0.25, 0.3) is 0 Å². The van der Waals surface area contributed by atoms with Crippen molar-refractivity contribution < 1.29 is 13.2 Å². The Kier molecular flexibility index (Phi) is 4.95. The first-order chi connectivity index (χ1) is 12.0. The number of halogens is 2. The van der Waals surface area contributed by atoms with Crippen molar-refractivity contribution in [1.29, 1.82) is 0 Å². The third-order valence-electron chi connectivity index (χ3n) is 4.35. The second-order valence-electron chi connectivity index (χ2n) is 6.02. The molecule has 0 aliphatic carbocycles. The lowest BCUT2D eigenvalue weighted by Crippen LogP contribution is -2.20. The summed E-state index contributed by atoms with van der Waals surface area (Å²) in [5, 5.41) is 3.97. The van der Waals surface area contributed by atoms with E-state index < -0.39 is 23.3 Å². The molecule has 0 radical (unpaired) electrons. The highest BCUT2D eigenvalue weighted by Crippen LogP contribution is 2.22. The fourth-order valence-corrected chi connectivity index (χ4v) is 2.87. The van der Waals surface area contributed by atoms with E-state index in [0.717, 1.165) is 29.0 Å². The Bertz CT molecular complexity index is 966. The van der Waals surface area contributed by atoms with Crippen molar-refractivity contribution in [3.05, 3.63) is 81.2 Å². The van der Waals surface area contributed by atoms with Gasteiger partial charge in [-0.3, -0.25) is 0 Å². The summed E-state index contributed by atoms with van der Waals surface area (Å²) in [6, 6.07) is 10.9. The number of hydrogen-bond donors (Lipinski definition) is 1. The highest BCUT2D eigenvalue weighted by molar-refractivity contribution is 5.80. The summed E-state index contributed by atoms with van der Waals surface area (Å²) in [5.41, 5.74) is 2.20. The summed E-state index contributed by atoms with van der Waals surface area (Å²) in [6.07, 6.45) is 0.845. The molecule has 130 valence electrons. The number of rotatable bonds is 5. The summed E-state index contributed by atoms with van der Waals surface area (Å²) < 4.78 is 32.6. The van der Waals surface area contributed by atoms with Gasteiger partial charge in [-0.1, -0.05) is 31.2 Å². The van der Waals surface area contributed by atoms with Gasteiger partial charge in [0.1, 0.15) is 5.58 Å². The van der Waals surface area contributed by atoms with Crippen LogP contribution in [0, 0.1) is 11.6 Å². The molecule has 0 saturated heterocycles. The van der Waals surface area contributed by atoms with Crippen molar-refractivity contribution in [2.75, 3.05) is 0 Å². The fourth-order valence-electron chi connectivity index (χ4n) is 2.87. The van der Waals surface area contributed by atoms with Crippen LogP contribution in [0.3, 0.4) is 0 Å². The number of fused-ring (bicyclic) bond motifs is 1. The summed E-state index contributed by atoms with van der Waals surface area (Å²) in [4.78, 5) is 11.8. The Morgan fingerprint density at radius 1 is 1.16 bits per heavy atom. The van der Waals surface area contributed by atoms with E-state index in [-0.39, 0.29) is 5.56 Å². The molecule has 3 rings (SSSR count). The topological polar surface area (TPSA) is 42.2 Å². The third-order valence-corrected chi connectivity index (χ3v) is 4.35. The van der Waals surface area contributed by atoms with Crippen LogP contribution in [-0.4, -0.2) is 0 Å². The molecule has 5 heteroatoms. The highest BCUT2D eigenvalue weighted by Gasteiger charge is 2.14. The Morgan fingerprint density at radius 2 is 1.96 bits per heavy atom. The van der Waals surface area contributed by atoms with Crippen LogP contribution in [0.5, 0.6) is 0 Å². The standard InChI is InChI=1S/C20H19F2NO2/c1-3-13-7-8-16-14(10-19(24)25-18(16)9-13)11-23-12(2)15-5-4-6-17(21)20(15)22/h4-10,12,23H,3,11H2,1-2H3. The van der Waals surface area contributed by atoms with E-state index >= 15 is 0 Å². The molecule has 0 spiro atoms. The van der Waals surface area contributed by atoms with E-state index in [1.165, 1.54) is 12.1 Å². The fraction of sp³-hybridized carbons (Fsp3) is 0.250. The van der Waals surface area contributed by atoms with Gasteiger partial charge in [0.15, 0.2) is 11.6 Å². The predicted molar refractivity (Wildman–Crippen MR) is 93.5 cm³/mol. The second kappa shape index (κ2) is 7.15. The van der Waals surface area contributed by atoms with Gasteiger partial charge in [0.2, 0.25) is 0 Å². The smallest absolute Gasteiger partial charge is 0.336 e. The lowest BCUT2D eigenvalue weighted by molar-refractivity contribution is 0.472. The molecule has 1 aromatic heterocycles. The predicted octanol–water partition coefficient (Wildman–Crippen LogP) is 4.48. The van der Waals surface area contributed by atoms with Crippen LogP contribution in [0.4, 0.5) is 8.78 Å². The molecule has 0 aliphatic rings. The van der Waals surface area contributed by atoms with Gasteiger partial charge >= 0.3 is 5.63 Å². The summed E-state index contributed by atoms with van der Waals surface area (Å²) in [6.45, 7) is 4.12. The largest absolute Gasteiger partial charge is 0.423 e. The first-order valence-corrected chi connectivity index (χ1v) is 8.22. The first-order valence-electron chi connectivity index (χ1n) is 8.22. The maximum Gasteiger partial charge on any atom is 0.336 e. The van der Waals surface area contributed by atoms with Crippen molar-refractivity contribution in [3.63, 3.8) is 0 Å². The van der Waals surface area contributed by atoms with Crippen LogP contribution >= 0.6 is 0 Å². The Hall–Kier alpha value is -2.53. The monoisotopic (exact) mass is 343 g/mol. The molecule has 1 N–H and O–H groups in total. The van der Waals surface area contributed by atoms with E-state index in [4.69, 9.17) is 4.42 Å². The number of benzene rings is 2. The minimum absolute atomic E-state index is 0.251. The highest BCUT2D eigenvalue weighted by atomic mass is 19.2. The normalized spacial score (nSPS) is 12.5. The van der Waals surface area contributed by atoms with E-state index in [9.17, 15) is 13.6 Å². The Balaban J connectivity index is 1.88. The van der Waals surface area contributed by atoms with E-state index in [1.807, 2.05) is 25.1 Å². The van der Waals surface area contributed by atoms with Gasteiger partial charge in [0, 0.05) is 29.6 Å². The third kappa shape index (κ3) is 3.61. The second-order valence-corrected chi connectivity index (χ2v) is 6.02. The van der Waals surface area contributed by atoms with Crippen molar-refractivity contribution >= 4 is 11.0 Å². The van der Waals surface area contributed by atoms with Crippen molar-refractivity contribution in [3.8, 4) is 0 Å². The molecule has 1 unspecified atom stereocenters. The van der Waals surface area contributed by atoms with Gasteiger partial charge < -0.3 is 9.73 Å². The molecule has 2 aromatic carbocycles. The molecule has 0 bridgehead atoms. The van der Waals surface area contributed by atoms with Crippen LogP contribution in [0.25, 0.3) is 11.0 Å². The zero-order valence-electron chi connectivity index (χ0n) is 14.1. The zero-order chi connectivity index (χ0) is 18.0. The number of nitrogens with one attached hydrogen (secondary N) is 1. The van der Waals surface area contributed by atoms with Crippen LogP contribution < -0.4 is 10.9 Å². The Morgan fingerprint density at radius 3 is 2.72 bits per heavy atom. The van der Waals surface area contributed by atoms with E-state index in [1.54, 1.807) is 13.0 Å². The minimum Gasteiger partial charge on any atom is -0.423 e. The van der Waals surface area contributed by atoms with Gasteiger partial charge in [-0.15, -0.1) is 0 Å². The Labute approximate surface area is 144 Å². The summed E-state index contributed by atoms with van der Waals surface area (Å²) >= 11 is 0. The molecule has 1 heterocycles. The van der Waals surface area contributed by atoms with Crippen LogP contribution in [0.2, 0.25) is 0 Å². The maximum absolute atomic E-state index is 13.9. The molecule has 3 aromatic rings. The van der Waals surface area contributed by atoms with Crippen molar-refractivity contribution in [2.24, 2.45) is 0 Å². The lowest BCUT2D eigenvalue weighted by Gasteiger charge is -2.16. The van der Waals surface area contributed by atoms with Crippen molar-refractivity contribution in [2.45, 2.75) is 32.9 Å². The van der Waals surface area contributed by atoms with Crippen LogP contribution in [0.15, 0.2) is 51.7 Å². The molecule has 3 nitrogen and oxygen atoms in total. The quantitative estimate of drug-likeness (QED) is 0.694. The molecule has 0 aliphatic heterocycles. The molecular formula is C20H19F2NO2. The molecule has 1 atom stereocenters. The molecule has 0 saturated carbocycles. The SMILES string of the molecule is CCc1ccc2c(CNC(C)c3cccc(F)c3F)cc(=O)oc2c1. The molecule has 25 heavy (non-hydrogen) atoms. The summed E-state index contributed by atoms with van der Waals surface area (Å²) in [7, 11) is 0. The van der Waals surface area contributed by atoms with Crippen LogP contribution in [-0.2, 0) is 13.0 Å². The van der Waals surface area contributed by atoms with Gasteiger partial charge in [0.05, 0.1) is 0 Å². The lowest BCUT2D eigenvalue weighted by atomic mass is 10.0. The van der Waals surface area contributed by atoms with Crippen molar-refractivity contribution in [1.82, 2.24) is 5.32 Å².